The summed E-state index contributed by atoms with van der Waals surface area (Å²) in [6.07, 6.45) is 6.19. The van der Waals surface area contributed by atoms with Crippen LogP contribution in [0.3, 0.4) is 0 Å². The number of anilines is 1. The van der Waals surface area contributed by atoms with Gasteiger partial charge in [-0.2, -0.15) is 0 Å². The molecule has 7 rings (SSSR count). The second-order valence-corrected chi connectivity index (χ2v) is 13.9. The molecule has 2 aliphatic rings. The fourth-order valence-corrected chi connectivity index (χ4v) is 7.43. The average molecular weight is 719 g/mol. The van der Waals surface area contributed by atoms with Crippen molar-refractivity contribution >= 4 is 34.9 Å². The zero-order chi connectivity index (χ0) is 36.2. The molecule has 2 aromatic carbocycles. The minimum atomic E-state index is -0.122. The van der Waals surface area contributed by atoms with Gasteiger partial charge in [0.1, 0.15) is 11.5 Å². The molecule has 12 heteroatoms. The highest BCUT2D eigenvalue weighted by Gasteiger charge is 2.22. The second-order valence-electron chi connectivity index (χ2n) is 13.5. The maximum absolute atomic E-state index is 13.3. The van der Waals surface area contributed by atoms with Gasteiger partial charge in [-0.3, -0.25) is 18.8 Å². The maximum Gasteiger partial charge on any atom is 0.262 e. The second kappa shape index (κ2) is 15.6. The largest absolute Gasteiger partial charge is 0.370 e. The Hall–Kier alpha value is -5.10. The van der Waals surface area contributed by atoms with E-state index < -0.39 is 0 Å². The van der Waals surface area contributed by atoms with E-state index in [-0.39, 0.29) is 29.5 Å². The molecule has 5 N–H and O–H groups in total. The number of hydrogen-bond donors (Lipinski definition) is 5. The lowest BCUT2D eigenvalue weighted by Gasteiger charge is -2.17. The molecule has 3 aromatic heterocycles. The monoisotopic (exact) mass is 718 g/mol. The van der Waals surface area contributed by atoms with Crippen molar-refractivity contribution in [2.24, 2.45) is 0 Å². The van der Waals surface area contributed by atoms with Gasteiger partial charge in [0.25, 0.3) is 5.56 Å². The molecular weight excluding hydrogens is 676 g/mol. The Morgan fingerprint density at radius 3 is 2.15 bits per heavy atom. The molecule has 0 spiro atoms. The Bertz CT molecular complexity index is 2200. The molecule has 5 aromatic rings. The lowest BCUT2D eigenvalue weighted by Crippen LogP contribution is -2.36. The van der Waals surface area contributed by atoms with E-state index in [0.29, 0.717) is 55.3 Å². The van der Waals surface area contributed by atoms with E-state index in [1.165, 1.54) is 0 Å². The van der Waals surface area contributed by atoms with E-state index in [2.05, 4.69) is 56.7 Å². The van der Waals surface area contributed by atoms with E-state index in [4.69, 9.17) is 16.6 Å². The molecule has 2 aliphatic heterocycles. The van der Waals surface area contributed by atoms with Crippen molar-refractivity contribution in [3.63, 3.8) is 0 Å². The van der Waals surface area contributed by atoms with E-state index in [0.717, 1.165) is 69.8 Å². The number of halogens is 1. The number of benzene rings is 2. The number of pyridine rings is 2. The first-order valence-corrected chi connectivity index (χ1v) is 18.3. The van der Waals surface area contributed by atoms with Crippen LogP contribution in [-0.2, 0) is 22.7 Å². The molecule has 2 fully saturated rings. The molecular formula is C40H43ClN8O3. The lowest BCUT2D eigenvalue weighted by atomic mass is 9.92. The third-order valence-corrected chi connectivity index (χ3v) is 10.3. The summed E-state index contributed by atoms with van der Waals surface area (Å²) in [4.78, 5) is 46.0. The summed E-state index contributed by atoms with van der Waals surface area (Å²) in [7, 11) is 0. The third kappa shape index (κ3) is 7.57. The topological polar surface area (TPSA) is 142 Å². The van der Waals surface area contributed by atoms with E-state index >= 15 is 0 Å². The molecule has 2 amide bonds. The van der Waals surface area contributed by atoms with Crippen LogP contribution in [0, 0.1) is 6.92 Å². The van der Waals surface area contributed by atoms with E-state index in [9.17, 15) is 14.4 Å². The number of rotatable bonds is 13. The number of nitrogens with one attached hydrogen (secondary N) is 5. The maximum atomic E-state index is 13.3. The van der Waals surface area contributed by atoms with Crippen molar-refractivity contribution < 1.29 is 9.59 Å². The van der Waals surface area contributed by atoms with Gasteiger partial charge in [0.05, 0.1) is 10.7 Å². The summed E-state index contributed by atoms with van der Waals surface area (Å²) in [5.41, 5.74) is 8.57. The first kappa shape index (κ1) is 35.3. The van der Waals surface area contributed by atoms with Crippen LogP contribution >= 0.6 is 11.6 Å². The Morgan fingerprint density at radius 1 is 0.827 bits per heavy atom. The van der Waals surface area contributed by atoms with Gasteiger partial charge in [0.2, 0.25) is 11.8 Å². The Labute approximate surface area is 307 Å². The summed E-state index contributed by atoms with van der Waals surface area (Å²) < 4.78 is 1.57. The SMILES string of the molecule is CCNc1nc(-c2cccc(-c3cccc(-c4ccn5c(=O)c(CNC[C@H]6CCC(=O)N6)cnc5c4)c3C)c2Cl)ccc1CNC[C@@H]1CCC(=O)N1. The molecule has 0 aliphatic carbocycles. The molecule has 52 heavy (non-hydrogen) atoms. The normalized spacial score (nSPS) is 17.1. The van der Waals surface area contributed by atoms with Crippen LogP contribution in [0.5, 0.6) is 0 Å². The van der Waals surface area contributed by atoms with Crippen molar-refractivity contribution in [2.45, 2.75) is 64.7 Å². The minimum absolute atomic E-state index is 0.0725. The minimum Gasteiger partial charge on any atom is -0.370 e. The average Bonchev–Trinajstić information content (AvgIpc) is 3.77. The predicted molar refractivity (Wildman–Crippen MR) is 205 cm³/mol. The highest BCUT2D eigenvalue weighted by atomic mass is 35.5. The van der Waals surface area contributed by atoms with Crippen molar-refractivity contribution in [1.82, 2.24) is 35.6 Å². The van der Waals surface area contributed by atoms with Gasteiger partial charge in [-0.1, -0.05) is 54.1 Å². The summed E-state index contributed by atoms with van der Waals surface area (Å²) in [5, 5.41) is 16.7. The number of aromatic nitrogens is 3. The number of nitrogens with zero attached hydrogens (tertiary/aromatic N) is 3. The van der Waals surface area contributed by atoms with Gasteiger partial charge in [-0.25, -0.2) is 9.97 Å². The summed E-state index contributed by atoms with van der Waals surface area (Å²) >= 11 is 7.20. The van der Waals surface area contributed by atoms with Gasteiger partial charge in [-0.15, -0.1) is 0 Å². The number of fused-ring (bicyclic) bond motifs is 1. The van der Waals surface area contributed by atoms with Gasteiger partial charge in [0, 0.05) is 92.3 Å². The quantitative estimate of drug-likeness (QED) is 0.112. The van der Waals surface area contributed by atoms with Crippen LogP contribution in [0.2, 0.25) is 5.02 Å². The summed E-state index contributed by atoms with van der Waals surface area (Å²) in [6.45, 7) is 7.17. The van der Waals surface area contributed by atoms with Crippen LogP contribution < -0.4 is 32.1 Å². The number of amides is 2. The molecule has 0 radical (unpaired) electrons. The Kier molecular flexibility index (Phi) is 10.6. The molecule has 2 saturated heterocycles. The zero-order valence-electron chi connectivity index (χ0n) is 29.4. The first-order valence-electron chi connectivity index (χ1n) is 17.9. The van der Waals surface area contributed by atoms with Crippen LogP contribution in [0.25, 0.3) is 39.2 Å². The number of carbonyl (C=O) groups is 2. The highest BCUT2D eigenvalue weighted by molar-refractivity contribution is 6.36. The standard InChI is InChI=1S/C40H43ClN8O3/c1-3-44-39-26(19-42-22-28-11-14-36(50)46-28)10-13-34(48-39)33-9-5-8-32(38(33)41)31-7-4-6-30(24(31)2)25-16-17-49-35(18-25)45-21-27(40(49)52)20-43-23-29-12-15-37(51)47-29/h4-10,13,16-18,21,28-29,42-43H,3,11-12,14-15,19-20,22-23H2,1-2H3,(H,44,48)(H,46,50)(H,47,51)/t28-,29+/m0/s1. The van der Waals surface area contributed by atoms with Crippen LogP contribution in [0.15, 0.2) is 77.9 Å². The Balaban J connectivity index is 1.11. The fourth-order valence-electron chi connectivity index (χ4n) is 7.10. The highest BCUT2D eigenvalue weighted by Crippen LogP contribution is 2.40. The van der Waals surface area contributed by atoms with Crippen molar-refractivity contribution in [3.8, 4) is 33.5 Å². The van der Waals surface area contributed by atoms with Crippen molar-refractivity contribution in [3.05, 3.63) is 105 Å². The number of hydrogen-bond acceptors (Lipinski definition) is 8. The molecule has 5 heterocycles. The molecule has 268 valence electrons. The summed E-state index contributed by atoms with van der Waals surface area (Å²) in [5.74, 6) is 0.987. The molecule has 0 saturated carbocycles. The smallest absolute Gasteiger partial charge is 0.262 e. The fraction of sp³-hybridized carbons (Fsp3) is 0.325. The van der Waals surface area contributed by atoms with Gasteiger partial charge in [0.15, 0.2) is 0 Å². The van der Waals surface area contributed by atoms with Crippen LogP contribution in [-0.4, -0.2) is 57.9 Å². The van der Waals surface area contributed by atoms with Gasteiger partial charge >= 0.3 is 0 Å². The molecule has 0 unspecified atom stereocenters. The Morgan fingerprint density at radius 2 is 1.48 bits per heavy atom. The molecule has 2 atom stereocenters. The van der Waals surface area contributed by atoms with Crippen molar-refractivity contribution in [2.75, 3.05) is 25.0 Å². The summed E-state index contributed by atoms with van der Waals surface area (Å²) in [6, 6.07) is 20.4. The lowest BCUT2D eigenvalue weighted by molar-refractivity contribution is -0.120. The van der Waals surface area contributed by atoms with Crippen molar-refractivity contribution in [1.29, 1.82) is 0 Å². The zero-order valence-corrected chi connectivity index (χ0v) is 30.1. The first-order chi connectivity index (χ1) is 25.3. The molecule has 0 bridgehead atoms. The van der Waals surface area contributed by atoms with E-state index in [1.807, 2.05) is 49.4 Å². The predicted octanol–water partition coefficient (Wildman–Crippen LogP) is 5.22. The van der Waals surface area contributed by atoms with Gasteiger partial charge < -0.3 is 26.6 Å². The van der Waals surface area contributed by atoms with Crippen LogP contribution in [0.1, 0.15) is 49.3 Å². The van der Waals surface area contributed by atoms with E-state index in [1.54, 1.807) is 16.8 Å². The van der Waals surface area contributed by atoms with Crippen LogP contribution in [0.4, 0.5) is 5.82 Å². The third-order valence-electron chi connectivity index (χ3n) is 9.90. The van der Waals surface area contributed by atoms with Gasteiger partial charge in [-0.05, 0) is 67.1 Å². The number of carbonyl (C=O) groups excluding carboxylic acids is 2. The molecule has 11 nitrogen and oxygen atoms in total.